The third-order valence-corrected chi connectivity index (χ3v) is 6.66. The van der Waals surface area contributed by atoms with Gasteiger partial charge in [0.2, 0.25) is 6.29 Å². The van der Waals surface area contributed by atoms with E-state index in [9.17, 15) is 9.90 Å². The molecule has 0 spiro atoms. The predicted octanol–water partition coefficient (Wildman–Crippen LogP) is 5.78. The second kappa shape index (κ2) is 9.23. The summed E-state index contributed by atoms with van der Waals surface area (Å²) in [5, 5.41) is 9.65. The van der Waals surface area contributed by atoms with E-state index in [-0.39, 0.29) is 0 Å². The minimum Gasteiger partial charge on any atom is -0.489 e. The lowest BCUT2D eigenvalue weighted by atomic mass is 9.71. The molecule has 156 valence electrons. The Labute approximate surface area is 177 Å². The third-order valence-electron chi connectivity index (χ3n) is 5.60. The number of benzene rings is 1. The Morgan fingerprint density at radius 3 is 2.69 bits per heavy atom. The van der Waals surface area contributed by atoms with E-state index in [2.05, 4.69) is 38.5 Å². The van der Waals surface area contributed by atoms with Crippen molar-refractivity contribution in [1.29, 1.82) is 0 Å². The van der Waals surface area contributed by atoms with E-state index in [1.54, 1.807) is 11.1 Å². The minimum atomic E-state index is -1.16. The first kappa shape index (κ1) is 21.7. The van der Waals surface area contributed by atoms with Crippen LogP contribution in [-0.2, 0) is 9.53 Å². The molecule has 5 heteroatoms. The molecule has 1 heterocycles. The van der Waals surface area contributed by atoms with Crippen LogP contribution in [0, 0.1) is 5.41 Å². The number of hydrogen-bond acceptors (Lipinski definition) is 5. The Morgan fingerprint density at radius 1 is 1.34 bits per heavy atom. The number of allylic oxidation sites excluding steroid dienone is 3. The van der Waals surface area contributed by atoms with Crippen molar-refractivity contribution in [3.8, 4) is 5.75 Å². The number of esters is 1. The van der Waals surface area contributed by atoms with E-state index in [4.69, 9.17) is 4.74 Å². The standard InChI is InChI=1S/C24H30O4S/c1-16(7-12-20-17(2)6-5-13-24(20,3)4)15-27-18-8-10-19(11-9-18)29-21-14-22(25)28-23(21)26/h7-11,14,23,26H,5-6,12-13,15H2,1-4H3. The summed E-state index contributed by atoms with van der Waals surface area (Å²) in [7, 11) is 0. The number of carbonyl (C=O) groups is 1. The quantitative estimate of drug-likeness (QED) is 0.453. The van der Waals surface area contributed by atoms with Crippen LogP contribution in [0.15, 0.2) is 62.9 Å². The van der Waals surface area contributed by atoms with E-state index >= 15 is 0 Å². The van der Waals surface area contributed by atoms with Gasteiger partial charge in [0.25, 0.3) is 0 Å². The highest BCUT2D eigenvalue weighted by atomic mass is 32.2. The zero-order chi connectivity index (χ0) is 21.0. The Bertz CT molecular complexity index is 846. The zero-order valence-corrected chi connectivity index (χ0v) is 18.5. The molecule has 1 aliphatic heterocycles. The summed E-state index contributed by atoms with van der Waals surface area (Å²) < 4.78 is 10.6. The first-order valence-corrected chi connectivity index (χ1v) is 10.9. The summed E-state index contributed by atoms with van der Waals surface area (Å²) in [5.74, 6) is 0.286. The van der Waals surface area contributed by atoms with Gasteiger partial charge in [0.1, 0.15) is 12.4 Å². The second-order valence-electron chi connectivity index (χ2n) is 8.45. The lowest BCUT2D eigenvalue weighted by molar-refractivity contribution is -0.150. The van der Waals surface area contributed by atoms with Crippen LogP contribution in [0.1, 0.15) is 53.4 Å². The molecule has 1 aromatic carbocycles. The highest BCUT2D eigenvalue weighted by Gasteiger charge is 2.27. The van der Waals surface area contributed by atoms with Crippen molar-refractivity contribution in [2.24, 2.45) is 5.41 Å². The SMILES string of the molecule is CC(=CCC1=C(C)CCCC1(C)C)COc1ccc(SC2=CC(=O)OC2O)cc1. The van der Waals surface area contributed by atoms with Gasteiger partial charge in [-0.3, -0.25) is 0 Å². The average molecular weight is 415 g/mol. The molecule has 1 unspecified atom stereocenters. The molecular weight excluding hydrogens is 384 g/mol. The summed E-state index contributed by atoms with van der Waals surface area (Å²) in [6, 6.07) is 7.62. The molecule has 0 fully saturated rings. The molecule has 0 saturated carbocycles. The van der Waals surface area contributed by atoms with Crippen LogP contribution in [0.2, 0.25) is 0 Å². The van der Waals surface area contributed by atoms with Crippen LogP contribution < -0.4 is 4.74 Å². The topological polar surface area (TPSA) is 55.8 Å². The van der Waals surface area contributed by atoms with Crippen molar-refractivity contribution in [3.05, 3.63) is 58.0 Å². The molecule has 0 saturated heterocycles. The second-order valence-corrected chi connectivity index (χ2v) is 9.60. The van der Waals surface area contributed by atoms with Crippen LogP contribution in [0.3, 0.4) is 0 Å². The minimum absolute atomic E-state index is 0.297. The van der Waals surface area contributed by atoms with Gasteiger partial charge in [0, 0.05) is 11.0 Å². The van der Waals surface area contributed by atoms with Gasteiger partial charge >= 0.3 is 5.97 Å². The van der Waals surface area contributed by atoms with Crippen LogP contribution >= 0.6 is 11.8 Å². The van der Waals surface area contributed by atoms with E-state index in [1.807, 2.05) is 24.3 Å². The summed E-state index contributed by atoms with van der Waals surface area (Å²) in [4.78, 5) is 12.6. The maximum absolute atomic E-state index is 11.2. The summed E-state index contributed by atoms with van der Waals surface area (Å²) in [6.45, 7) is 9.66. The van der Waals surface area contributed by atoms with Gasteiger partial charge in [-0.25, -0.2) is 4.79 Å². The van der Waals surface area contributed by atoms with Crippen LogP contribution in [0.4, 0.5) is 0 Å². The van der Waals surface area contributed by atoms with E-state index < -0.39 is 12.3 Å². The fourth-order valence-electron chi connectivity index (χ4n) is 3.87. The zero-order valence-electron chi connectivity index (χ0n) is 17.7. The fourth-order valence-corrected chi connectivity index (χ4v) is 4.72. The van der Waals surface area contributed by atoms with Gasteiger partial charge in [0.15, 0.2) is 0 Å². The lowest BCUT2D eigenvalue weighted by Crippen LogP contribution is -2.20. The summed E-state index contributed by atoms with van der Waals surface area (Å²) >= 11 is 1.31. The number of aliphatic hydroxyl groups is 1. The third kappa shape index (κ3) is 5.77. The molecule has 4 nitrogen and oxygen atoms in total. The molecule has 2 aliphatic rings. The van der Waals surface area contributed by atoms with E-state index in [0.717, 1.165) is 17.1 Å². The van der Waals surface area contributed by atoms with Gasteiger partial charge in [-0.2, -0.15) is 0 Å². The maximum Gasteiger partial charge on any atom is 0.334 e. The number of ether oxygens (including phenoxy) is 2. The van der Waals surface area contributed by atoms with Crippen molar-refractivity contribution in [2.75, 3.05) is 6.61 Å². The van der Waals surface area contributed by atoms with Crippen molar-refractivity contribution in [3.63, 3.8) is 0 Å². The van der Waals surface area contributed by atoms with Crippen molar-refractivity contribution >= 4 is 17.7 Å². The van der Waals surface area contributed by atoms with Gasteiger partial charge < -0.3 is 14.6 Å². The van der Waals surface area contributed by atoms with Crippen molar-refractivity contribution in [2.45, 2.75) is 64.6 Å². The highest BCUT2D eigenvalue weighted by molar-refractivity contribution is 8.03. The molecule has 0 bridgehead atoms. The molecule has 29 heavy (non-hydrogen) atoms. The number of rotatable bonds is 7. The normalized spacial score (nSPS) is 21.8. The number of aliphatic hydroxyl groups excluding tert-OH is 1. The first-order valence-electron chi connectivity index (χ1n) is 10.1. The van der Waals surface area contributed by atoms with Gasteiger partial charge in [-0.15, -0.1) is 0 Å². The largest absolute Gasteiger partial charge is 0.489 e. The van der Waals surface area contributed by atoms with Crippen molar-refractivity contribution in [1.82, 2.24) is 0 Å². The molecule has 0 aromatic heterocycles. The molecule has 1 atom stereocenters. The monoisotopic (exact) mass is 414 g/mol. The maximum atomic E-state index is 11.2. The molecule has 1 aromatic rings. The lowest BCUT2D eigenvalue weighted by Gasteiger charge is -2.34. The Kier molecular flexibility index (Phi) is 6.91. The molecule has 0 radical (unpaired) electrons. The van der Waals surface area contributed by atoms with Gasteiger partial charge in [0.05, 0.1) is 4.91 Å². The highest BCUT2D eigenvalue weighted by Crippen LogP contribution is 2.42. The van der Waals surface area contributed by atoms with Crippen molar-refractivity contribution < 1.29 is 19.4 Å². The predicted molar refractivity (Wildman–Crippen MR) is 117 cm³/mol. The number of thioether (sulfide) groups is 1. The number of hydrogen-bond donors (Lipinski definition) is 1. The first-order chi connectivity index (χ1) is 13.7. The smallest absolute Gasteiger partial charge is 0.334 e. The molecule has 1 N–H and O–H groups in total. The molecule has 1 aliphatic carbocycles. The molecule has 3 rings (SSSR count). The van der Waals surface area contributed by atoms with Crippen LogP contribution in [0.5, 0.6) is 5.75 Å². The Hall–Kier alpha value is -1.98. The van der Waals surface area contributed by atoms with Gasteiger partial charge in [-0.05, 0) is 74.8 Å². The van der Waals surface area contributed by atoms with Gasteiger partial charge in [-0.1, -0.05) is 42.8 Å². The fraction of sp³-hybridized carbons (Fsp3) is 0.458. The number of carbonyl (C=O) groups excluding carboxylic acids is 1. The summed E-state index contributed by atoms with van der Waals surface area (Å²) in [6.07, 6.45) is 7.23. The Balaban J connectivity index is 1.52. The molecular formula is C24H30O4S. The van der Waals surface area contributed by atoms with E-state index in [0.29, 0.717) is 16.9 Å². The molecule has 0 amide bonds. The van der Waals surface area contributed by atoms with Crippen LogP contribution in [0.25, 0.3) is 0 Å². The number of cyclic esters (lactones) is 1. The van der Waals surface area contributed by atoms with E-state index in [1.165, 1.54) is 42.7 Å². The van der Waals surface area contributed by atoms with Crippen LogP contribution in [-0.4, -0.2) is 24.0 Å². The Morgan fingerprint density at radius 2 is 2.07 bits per heavy atom. The summed E-state index contributed by atoms with van der Waals surface area (Å²) in [5.41, 5.74) is 4.65. The average Bonchev–Trinajstić information content (AvgIpc) is 2.97.